The van der Waals surface area contributed by atoms with Crippen LogP contribution in [0.4, 0.5) is 0 Å². The van der Waals surface area contributed by atoms with Crippen molar-refractivity contribution in [3.8, 4) is 0 Å². The van der Waals surface area contributed by atoms with Crippen LogP contribution in [0.15, 0.2) is 30.3 Å². The molecule has 0 saturated carbocycles. The molecule has 1 nitrogen and oxygen atoms in total. The standard InChI is InChI=1S/C12H17N/c1-10-7-12(9-13-10)8-11-5-3-2-4-6-11/h2-6,10,12-13H,7-9H2,1H3. The molecule has 1 fully saturated rings. The smallest absolute Gasteiger partial charge is 0.00420 e. The molecular weight excluding hydrogens is 158 g/mol. The van der Waals surface area contributed by atoms with Gasteiger partial charge >= 0.3 is 0 Å². The molecule has 1 N–H and O–H groups in total. The first-order valence-corrected chi connectivity index (χ1v) is 5.12. The van der Waals surface area contributed by atoms with Gasteiger partial charge in [0.1, 0.15) is 0 Å². The Morgan fingerprint density at radius 2 is 2.08 bits per heavy atom. The molecule has 1 aromatic rings. The van der Waals surface area contributed by atoms with Crippen molar-refractivity contribution < 1.29 is 0 Å². The highest BCUT2D eigenvalue weighted by molar-refractivity contribution is 5.15. The van der Waals surface area contributed by atoms with E-state index in [1.807, 2.05) is 0 Å². The largest absolute Gasteiger partial charge is 0.314 e. The van der Waals surface area contributed by atoms with Gasteiger partial charge in [-0.25, -0.2) is 0 Å². The third-order valence-corrected chi connectivity index (χ3v) is 2.81. The lowest BCUT2D eigenvalue weighted by Crippen LogP contribution is -2.17. The molecule has 1 heteroatoms. The molecule has 0 bridgehead atoms. The number of benzene rings is 1. The SMILES string of the molecule is CC1CC(Cc2ccccc2)CN1. The van der Waals surface area contributed by atoms with Crippen molar-refractivity contribution >= 4 is 0 Å². The minimum atomic E-state index is 0.716. The zero-order valence-corrected chi connectivity index (χ0v) is 8.16. The van der Waals surface area contributed by atoms with E-state index in [0.717, 1.165) is 5.92 Å². The molecule has 1 heterocycles. The van der Waals surface area contributed by atoms with Gasteiger partial charge in [-0.15, -0.1) is 0 Å². The third kappa shape index (κ3) is 2.31. The van der Waals surface area contributed by atoms with Crippen molar-refractivity contribution in [3.63, 3.8) is 0 Å². The maximum atomic E-state index is 3.49. The van der Waals surface area contributed by atoms with Crippen molar-refractivity contribution in [1.29, 1.82) is 0 Å². The normalized spacial score (nSPS) is 27.8. The molecule has 13 heavy (non-hydrogen) atoms. The van der Waals surface area contributed by atoms with E-state index in [9.17, 15) is 0 Å². The molecule has 0 aliphatic carbocycles. The fourth-order valence-corrected chi connectivity index (χ4v) is 2.14. The minimum absolute atomic E-state index is 0.716. The predicted octanol–water partition coefficient (Wildman–Crippen LogP) is 2.23. The van der Waals surface area contributed by atoms with Crippen molar-refractivity contribution in [2.24, 2.45) is 5.92 Å². The summed E-state index contributed by atoms with van der Waals surface area (Å²) < 4.78 is 0. The summed E-state index contributed by atoms with van der Waals surface area (Å²) in [6.45, 7) is 3.46. The van der Waals surface area contributed by atoms with Crippen molar-refractivity contribution in [2.45, 2.75) is 25.8 Å². The summed E-state index contributed by atoms with van der Waals surface area (Å²) in [5.41, 5.74) is 1.48. The summed E-state index contributed by atoms with van der Waals surface area (Å²) in [7, 11) is 0. The van der Waals surface area contributed by atoms with Crippen molar-refractivity contribution in [2.75, 3.05) is 6.54 Å². The number of rotatable bonds is 2. The lowest BCUT2D eigenvalue weighted by molar-refractivity contribution is 0.565. The Balaban J connectivity index is 1.92. The highest BCUT2D eigenvalue weighted by Gasteiger charge is 2.20. The van der Waals surface area contributed by atoms with Crippen molar-refractivity contribution in [1.82, 2.24) is 5.32 Å². The molecule has 0 amide bonds. The summed E-state index contributed by atoms with van der Waals surface area (Å²) in [5.74, 6) is 0.845. The molecule has 2 atom stereocenters. The molecular formula is C12H17N. The zero-order valence-electron chi connectivity index (χ0n) is 8.16. The summed E-state index contributed by atoms with van der Waals surface area (Å²) in [6, 6.07) is 11.5. The van der Waals surface area contributed by atoms with E-state index in [1.165, 1.54) is 24.9 Å². The van der Waals surface area contributed by atoms with Gasteiger partial charge in [0, 0.05) is 6.04 Å². The Labute approximate surface area is 80.2 Å². The second kappa shape index (κ2) is 3.93. The Morgan fingerprint density at radius 3 is 2.69 bits per heavy atom. The lowest BCUT2D eigenvalue weighted by Gasteiger charge is -2.07. The van der Waals surface area contributed by atoms with Gasteiger partial charge in [0.25, 0.3) is 0 Å². The first-order valence-electron chi connectivity index (χ1n) is 5.12. The number of hydrogen-bond acceptors (Lipinski definition) is 1. The van der Waals surface area contributed by atoms with Crippen LogP contribution in [0.3, 0.4) is 0 Å². The maximum Gasteiger partial charge on any atom is 0.00420 e. The van der Waals surface area contributed by atoms with Crippen LogP contribution in [0.1, 0.15) is 18.9 Å². The van der Waals surface area contributed by atoms with Crippen LogP contribution in [-0.2, 0) is 6.42 Å². The van der Waals surface area contributed by atoms with E-state index in [2.05, 4.69) is 42.6 Å². The monoisotopic (exact) mass is 175 g/mol. The van der Waals surface area contributed by atoms with Crippen molar-refractivity contribution in [3.05, 3.63) is 35.9 Å². The van der Waals surface area contributed by atoms with Crippen LogP contribution in [0.5, 0.6) is 0 Å². The molecule has 2 unspecified atom stereocenters. The molecule has 1 aromatic carbocycles. The zero-order chi connectivity index (χ0) is 9.10. The van der Waals surface area contributed by atoms with Crippen LogP contribution in [-0.4, -0.2) is 12.6 Å². The summed E-state index contributed by atoms with van der Waals surface area (Å²) in [6.07, 6.45) is 2.56. The molecule has 1 saturated heterocycles. The van der Waals surface area contributed by atoms with Gasteiger partial charge < -0.3 is 5.32 Å². The minimum Gasteiger partial charge on any atom is -0.314 e. The molecule has 0 radical (unpaired) electrons. The molecule has 1 aliphatic heterocycles. The van der Waals surface area contributed by atoms with E-state index in [-0.39, 0.29) is 0 Å². The number of nitrogens with one attached hydrogen (secondary N) is 1. The molecule has 2 rings (SSSR count). The van der Waals surface area contributed by atoms with E-state index in [4.69, 9.17) is 0 Å². The van der Waals surface area contributed by atoms with E-state index in [0.29, 0.717) is 6.04 Å². The average molecular weight is 175 g/mol. The van der Waals surface area contributed by atoms with Gasteiger partial charge in [0.05, 0.1) is 0 Å². The van der Waals surface area contributed by atoms with Crippen LogP contribution < -0.4 is 5.32 Å². The summed E-state index contributed by atoms with van der Waals surface area (Å²) >= 11 is 0. The second-order valence-corrected chi connectivity index (χ2v) is 4.10. The van der Waals surface area contributed by atoms with Gasteiger partial charge in [-0.05, 0) is 37.8 Å². The highest BCUT2D eigenvalue weighted by atomic mass is 14.9. The summed E-state index contributed by atoms with van der Waals surface area (Å²) in [4.78, 5) is 0. The Bertz CT molecular complexity index is 255. The van der Waals surface area contributed by atoms with Gasteiger partial charge in [0.2, 0.25) is 0 Å². The Morgan fingerprint density at radius 1 is 1.31 bits per heavy atom. The third-order valence-electron chi connectivity index (χ3n) is 2.81. The van der Waals surface area contributed by atoms with Gasteiger partial charge in [-0.1, -0.05) is 30.3 Å². The first kappa shape index (κ1) is 8.76. The van der Waals surface area contributed by atoms with Gasteiger partial charge in [-0.2, -0.15) is 0 Å². The van der Waals surface area contributed by atoms with E-state index in [1.54, 1.807) is 0 Å². The number of hydrogen-bond donors (Lipinski definition) is 1. The van der Waals surface area contributed by atoms with Gasteiger partial charge in [0.15, 0.2) is 0 Å². The second-order valence-electron chi connectivity index (χ2n) is 4.10. The predicted molar refractivity (Wildman–Crippen MR) is 55.7 cm³/mol. The van der Waals surface area contributed by atoms with Crippen LogP contribution in [0, 0.1) is 5.92 Å². The molecule has 0 aromatic heterocycles. The van der Waals surface area contributed by atoms with Crippen LogP contribution in [0.2, 0.25) is 0 Å². The fraction of sp³-hybridized carbons (Fsp3) is 0.500. The lowest BCUT2D eigenvalue weighted by atomic mass is 9.97. The van der Waals surface area contributed by atoms with Crippen LogP contribution in [0.25, 0.3) is 0 Å². The highest BCUT2D eigenvalue weighted by Crippen LogP contribution is 2.18. The van der Waals surface area contributed by atoms with Crippen LogP contribution >= 0.6 is 0 Å². The van der Waals surface area contributed by atoms with E-state index < -0.39 is 0 Å². The molecule has 70 valence electrons. The van der Waals surface area contributed by atoms with Gasteiger partial charge in [-0.3, -0.25) is 0 Å². The summed E-state index contributed by atoms with van der Waals surface area (Å²) in [5, 5.41) is 3.49. The van der Waals surface area contributed by atoms with E-state index >= 15 is 0 Å². The average Bonchev–Trinajstić information content (AvgIpc) is 2.53. The molecule has 1 aliphatic rings. The Kier molecular flexibility index (Phi) is 2.65. The molecule has 0 spiro atoms. The fourth-order valence-electron chi connectivity index (χ4n) is 2.14. The maximum absolute atomic E-state index is 3.49. The quantitative estimate of drug-likeness (QED) is 0.726. The Hall–Kier alpha value is -0.820. The first-order chi connectivity index (χ1) is 6.34. The topological polar surface area (TPSA) is 12.0 Å².